The molecule has 5 aliphatic rings. The lowest BCUT2D eigenvalue weighted by atomic mass is 9.46. The number of hydrogen-bond donors (Lipinski definition) is 0. The van der Waals surface area contributed by atoms with Gasteiger partial charge < -0.3 is 14.2 Å². The standard InChI is InChI=1S/C25H29FO7/c1-13(27)31-12-20(30)24(32-14(2)28)8-6-16-17-10-19(26)18-9-15(29)5-7-22(18,3)25(17)21(33-25)11-23(16,24)4/h5,7,9,16-17,19,21H,6,8,10-12H2,1-4H3. The maximum absolute atomic E-state index is 15.5. The molecule has 0 bridgehead atoms. The van der Waals surface area contributed by atoms with Gasteiger partial charge >= 0.3 is 11.9 Å². The van der Waals surface area contributed by atoms with Gasteiger partial charge in [-0.1, -0.05) is 13.0 Å². The number of hydrogen-bond acceptors (Lipinski definition) is 7. The number of carbonyl (C=O) groups excluding carboxylic acids is 4. The van der Waals surface area contributed by atoms with Crippen LogP contribution in [0.5, 0.6) is 0 Å². The zero-order valence-corrected chi connectivity index (χ0v) is 19.3. The summed E-state index contributed by atoms with van der Waals surface area (Å²) in [5, 5.41) is 0. The molecule has 0 amide bonds. The first-order valence-corrected chi connectivity index (χ1v) is 11.5. The lowest BCUT2D eigenvalue weighted by Crippen LogP contribution is -2.63. The van der Waals surface area contributed by atoms with E-state index in [1.165, 1.54) is 26.0 Å². The first kappa shape index (κ1) is 22.4. The molecule has 1 spiro atoms. The molecule has 0 aromatic heterocycles. The van der Waals surface area contributed by atoms with Crippen LogP contribution in [0.2, 0.25) is 0 Å². The predicted octanol–water partition coefficient (Wildman–Crippen LogP) is 2.81. The number of ether oxygens (including phenoxy) is 3. The van der Waals surface area contributed by atoms with E-state index in [0.717, 1.165) is 0 Å². The van der Waals surface area contributed by atoms with Gasteiger partial charge in [-0.15, -0.1) is 0 Å². The normalized spacial score (nSPS) is 46.8. The second-order valence-electron chi connectivity index (χ2n) is 10.6. The van der Waals surface area contributed by atoms with E-state index in [4.69, 9.17) is 14.2 Å². The number of esters is 2. The molecule has 1 saturated heterocycles. The molecule has 4 aliphatic carbocycles. The van der Waals surface area contributed by atoms with Crippen molar-refractivity contribution in [3.05, 3.63) is 23.8 Å². The summed E-state index contributed by atoms with van der Waals surface area (Å²) in [6.45, 7) is 5.86. The van der Waals surface area contributed by atoms with Gasteiger partial charge in [-0.3, -0.25) is 19.2 Å². The van der Waals surface area contributed by atoms with Gasteiger partial charge in [-0.05, 0) is 62.2 Å². The van der Waals surface area contributed by atoms with E-state index in [9.17, 15) is 19.2 Å². The molecule has 4 fully saturated rings. The van der Waals surface area contributed by atoms with E-state index in [1.807, 2.05) is 13.8 Å². The molecule has 178 valence electrons. The zero-order valence-electron chi connectivity index (χ0n) is 19.3. The predicted molar refractivity (Wildman–Crippen MR) is 113 cm³/mol. The molecular weight excluding hydrogens is 431 g/mol. The number of halogens is 1. The molecule has 7 nitrogen and oxygen atoms in total. The Labute approximate surface area is 191 Å². The lowest BCUT2D eigenvalue weighted by Gasteiger charge is -2.56. The van der Waals surface area contributed by atoms with Crippen molar-refractivity contribution in [1.82, 2.24) is 0 Å². The van der Waals surface area contributed by atoms with Crippen LogP contribution < -0.4 is 0 Å². The van der Waals surface area contributed by atoms with Crippen molar-refractivity contribution in [2.24, 2.45) is 22.7 Å². The third-order valence-corrected chi connectivity index (χ3v) is 9.22. The monoisotopic (exact) mass is 460 g/mol. The Balaban J connectivity index is 1.56. The van der Waals surface area contributed by atoms with Gasteiger partial charge in [0.15, 0.2) is 18.0 Å². The molecule has 5 rings (SSSR count). The summed E-state index contributed by atoms with van der Waals surface area (Å²) in [6.07, 6.45) is 4.60. The van der Waals surface area contributed by atoms with Gasteiger partial charge in [0.25, 0.3) is 0 Å². The molecular formula is C25H29FO7. The number of ketones is 2. The Kier molecular flexibility index (Phi) is 4.65. The molecule has 1 heterocycles. The molecule has 8 heteroatoms. The van der Waals surface area contributed by atoms with Crippen molar-refractivity contribution >= 4 is 23.5 Å². The highest BCUT2D eigenvalue weighted by Gasteiger charge is 2.82. The van der Waals surface area contributed by atoms with Crippen molar-refractivity contribution in [2.75, 3.05) is 6.61 Å². The number of fused-ring (bicyclic) bond motifs is 3. The largest absolute Gasteiger partial charge is 0.458 e. The van der Waals surface area contributed by atoms with Crippen molar-refractivity contribution < 1.29 is 37.8 Å². The van der Waals surface area contributed by atoms with Crippen LogP contribution in [0.4, 0.5) is 4.39 Å². The highest BCUT2D eigenvalue weighted by atomic mass is 19.1. The van der Waals surface area contributed by atoms with Crippen LogP contribution in [0, 0.1) is 22.7 Å². The van der Waals surface area contributed by atoms with Crippen LogP contribution in [0.3, 0.4) is 0 Å². The van der Waals surface area contributed by atoms with Gasteiger partial charge in [-0.2, -0.15) is 0 Å². The SMILES string of the molecule is CC(=O)OCC(=O)C1(OC(C)=O)CCC2C3CC(F)C4=CC(=O)C=CC4(C)C34OC4CC21C. The molecule has 8 unspecified atom stereocenters. The highest BCUT2D eigenvalue weighted by molar-refractivity contribution is 6.01. The number of alkyl halides is 1. The summed E-state index contributed by atoms with van der Waals surface area (Å²) in [7, 11) is 0. The van der Waals surface area contributed by atoms with E-state index in [-0.39, 0.29) is 36.6 Å². The molecule has 8 atom stereocenters. The second-order valence-corrected chi connectivity index (χ2v) is 10.6. The van der Waals surface area contributed by atoms with Crippen LogP contribution in [0.25, 0.3) is 0 Å². The number of epoxide rings is 1. The quantitative estimate of drug-likeness (QED) is 0.470. The van der Waals surface area contributed by atoms with Crippen LogP contribution >= 0.6 is 0 Å². The maximum atomic E-state index is 15.5. The molecule has 0 radical (unpaired) electrons. The van der Waals surface area contributed by atoms with Gasteiger partial charge in [0, 0.05) is 24.7 Å². The third kappa shape index (κ3) is 2.70. The first-order valence-electron chi connectivity index (χ1n) is 11.5. The van der Waals surface area contributed by atoms with Crippen LogP contribution in [-0.2, 0) is 33.4 Å². The summed E-state index contributed by atoms with van der Waals surface area (Å²) < 4.78 is 32.7. The second kappa shape index (κ2) is 6.84. The van der Waals surface area contributed by atoms with Gasteiger partial charge in [0.05, 0.1) is 6.10 Å². The Morgan fingerprint density at radius 1 is 1.18 bits per heavy atom. The van der Waals surface area contributed by atoms with Crippen LogP contribution in [-0.4, -0.2) is 53.6 Å². The first-order chi connectivity index (χ1) is 15.4. The fourth-order valence-electron chi connectivity index (χ4n) is 7.84. The van der Waals surface area contributed by atoms with Gasteiger partial charge in [0.2, 0.25) is 5.78 Å². The topological polar surface area (TPSA) is 99.3 Å². The van der Waals surface area contributed by atoms with Crippen molar-refractivity contribution in [3.63, 3.8) is 0 Å². The Hall–Kier alpha value is -2.35. The van der Waals surface area contributed by atoms with E-state index < -0.39 is 52.5 Å². The summed E-state index contributed by atoms with van der Waals surface area (Å²) in [6, 6.07) is 0. The van der Waals surface area contributed by atoms with E-state index in [2.05, 4.69) is 0 Å². The molecule has 0 aromatic carbocycles. The molecule has 1 aliphatic heterocycles. The van der Waals surface area contributed by atoms with Crippen molar-refractivity contribution in [3.8, 4) is 0 Å². The molecule has 0 aromatic rings. The molecule has 3 saturated carbocycles. The van der Waals surface area contributed by atoms with Crippen LogP contribution in [0.1, 0.15) is 53.4 Å². The van der Waals surface area contributed by atoms with E-state index in [1.54, 1.807) is 6.08 Å². The maximum Gasteiger partial charge on any atom is 0.303 e. The zero-order chi connectivity index (χ0) is 24.0. The Morgan fingerprint density at radius 2 is 1.91 bits per heavy atom. The number of rotatable bonds is 4. The van der Waals surface area contributed by atoms with Crippen molar-refractivity contribution in [1.29, 1.82) is 0 Å². The Bertz CT molecular complexity index is 1030. The number of carbonyl (C=O) groups is 4. The van der Waals surface area contributed by atoms with Crippen molar-refractivity contribution in [2.45, 2.75) is 76.9 Å². The van der Waals surface area contributed by atoms with E-state index in [0.29, 0.717) is 18.4 Å². The van der Waals surface area contributed by atoms with E-state index >= 15 is 4.39 Å². The number of allylic oxidation sites excluding steroid dienone is 2. The summed E-state index contributed by atoms with van der Waals surface area (Å²) in [5.74, 6) is -2.20. The molecule has 0 N–H and O–H groups in total. The number of Topliss-reactive ketones (excluding diaryl/α,β-unsaturated/α-hetero) is 1. The Morgan fingerprint density at radius 3 is 2.58 bits per heavy atom. The minimum atomic E-state index is -1.46. The summed E-state index contributed by atoms with van der Waals surface area (Å²) in [4.78, 5) is 48.9. The fraction of sp³-hybridized carbons (Fsp3) is 0.680. The third-order valence-electron chi connectivity index (χ3n) is 9.22. The summed E-state index contributed by atoms with van der Waals surface area (Å²) >= 11 is 0. The minimum absolute atomic E-state index is 0.139. The minimum Gasteiger partial charge on any atom is -0.458 e. The smallest absolute Gasteiger partial charge is 0.303 e. The summed E-state index contributed by atoms with van der Waals surface area (Å²) in [5.41, 5.74) is -3.18. The van der Waals surface area contributed by atoms with Gasteiger partial charge in [0.1, 0.15) is 11.8 Å². The highest BCUT2D eigenvalue weighted by Crippen LogP contribution is 2.76. The average molecular weight is 460 g/mol. The lowest BCUT2D eigenvalue weighted by molar-refractivity contribution is -0.188. The average Bonchev–Trinajstić information content (AvgIpc) is 3.38. The fourth-order valence-corrected chi connectivity index (χ4v) is 7.84. The van der Waals surface area contributed by atoms with Gasteiger partial charge in [-0.25, -0.2) is 4.39 Å². The van der Waals surface area contributed by atoms with Crippen LogP contribution in [0.15, 0.2) is 23.8 Å². The molecule has 33 heavy (non-hydrogen) atoms.